The molecule has 0 saturated carbocycles. The highest BCUT2D eigenvalue weighted by Gasteiger charge is 2.24. The molecule has 0 amide bonds. The second kappa shape index (κ2) is 4.81. The summed E-state index contributed by atoms with van der Waals surface area (Å²) in [6.07, 6.45) is 2.29. The minimum absolute atomic E-state index is 0.173. The summed E-state index contributed by atoms with van der Waals surface area (Å²) in [5.74, 6) is 0.571. The molecule has 1 aromatic rings. The molecule has 16 heavy (non-hydrogen) atoms. The van der Waals surface area contributed by atoms with E-state index in [1.54, 1.807) is 16.9 Å². The van der Waals surface area contributed by atoms with Crippen LogP contribution < -0.4 is 0 Å². The molecule has 0 aliphatic carbocycles. The summed E-state index contributed by atoms with van der Waals surface area (Å²) in [7, 11) is 0. The molecule has 1 atom stereocenters. The highest BCUT2D eigenvalue weighted by Crippen LogP contribution is 2.29. The van der Waals surface area contributed by atoms with Crippen LogP contribution in [0.15, 0.2) is 12.3 Å². The monoisotopic (exact) mass is 222 g/mol. The molecule has 3 heteroatoms. The summed E-state index contributed by atoms with van der Waals surface area (Å²) < 4.78 is 1.76. The topological polar surface area (TPSA) is 34.9 Å². The molecule has 1 unspecified atom stereocenters. The number of aromatic nitrogens is 2. The van der Waals surface area contributed by atoms with E-state index in [1.807, 2.05) is 6.92 Å². The highest BCUT2D eigenvalue weighted by molar-refractivity contribution is 5.94. The summed E-state index contributed by atoms with van der Waals surface area (Å²) in [6.45, 7) is 11.4. The lowest BCUT2D eigenvalue weighted by molar-refractivity contribution is 0.0916. The van der Waals surface area contributed by atoms with E-state index in [0.29, 0.717) is 12.3 Å². The van der Waals surface area contributed by atoms with E-state index in [1.165, 1.54) is 0 Å². The van der Waals surface area contributed by atoms with Gasteiger partial charge in [0.2, 0.25) is 0 Å². The first-order valence-corrected chi connectivity index (χ1v) is 5.91. The van der Waals surface area contributed by atoms with Crippen molar-refractivity contribution in [1.82, 2.24) is 9.78 Å². The predicted molar refractivity (Wildman–Crippen MR) is 65.5 cm³/mol. The van der Waals surface area contributed by atoms with Crippen molar-refractivity contribution in [3.63, 3.8) is 0 Å². The molecular formula is C13H22N2O. The molecule has 0 N–H and O–H groups in total. The molecule has 0 saturated heterocycles. The van der Waals surface area contributed by atoms with Gasteiger partial charge in [-0.2, -0.15) is 5.10 Å². The van der Waals surface area contributed by atoms with Crippen LogP contribution in [-0.4, -0.2) is 15.6 Å². The predicted octanol–water partition coefficient (Wildman–Crippen LogP) is 3.16. The number of rotatable bonds is 4. The number of hydrogen-bond donors (Lipinski definition) is 0. The van der Waals surface area contributed by atoms with Crippen LogP contribution in [0, 0.1) is 11.3 Å². The Kier molecular flexibility index (Phi) is 3.89. The van der Waals surface area contributed by atoms with Crippen LogP contribution in [0.4, 0.5) is 0 Å². The SMILES string of the molecule is CCn1nccc1C(=O)CC(C)C(C)(C)C. The molecule has 0 radical (unpaired) electrons. The van der Waals surface area contributed by atoms with Gasteiger partial charge in [0.25, 0.3) is 0 Å². The summed E-state index contributed by atoms with van der Waals surface area (Å²) >= 11 is 0. The van der Waals surface area contributed by atoms with Crippen molar-refractivity contribution in [3.05, 3.63) is 18.0 Å². The molecular weight excluding hydrogens is 200 g/mol. The zero-order valence-electron chi connectivity index (χ0n) is 10.9. The number of carbonyl (C=O) groups excluding carboxylic acids is 1. The fraction of sp³-hybridized carbons (Fsp3) is 0.692. The lowest BCUT2D eigenvalue weighted by Gasteiger charge is -2.26. The van der Waals surface area contributed by atoms with Crippen molar-refractivity contribution in [2.24, 2.45) is 11.3 Å². The number of carbonyl (C=O) groups is 1. The Hall–Kier alpha value is -1.12. The van der Waals surface area contributed by atoms with Gasteiger partial charge in [0.05, 0.1) is 0 Å². The zero-order chi connectivity index (χ0) is 12.3. The molecule has 1 rings (SSSR count). The van der Waals surface area contributed by atoms with Crippen LogP contribution in [-0.2, 0) is 6.54 Å². The van der Waals surface area contributed by atoms with E-state index in [0.717, 1.165) is 12.2 Å². The maximum Gasteiger partial charge on any atom is 0.181 e. The summed E-state index contributed by atoms with van der Waals surface area (Å²) in [5.41, 5.74) is 0.908. The van der Waals surface area contributed by atoms with Crippen LogP contribution in [0.2, 0.25) is 0 Å². The number of aryl methyl sites for hydroxylation is 1. The van der Waals surface area contributed by atoms with Crippen LogP contribution >= 0.6 is 0 Å². The van der Waals surface area contributed by atoms with Crippen molar-refractivity contribution >= 4 is 5.78 Å². The van der Waals surface area contributed by atoms with Gasteiger partial charge in [0.1, 0.15) is 5.69 Å². The standard InChI is InChI=1S/C13H22N2O/c1-6-15-11(7-8-14-15)12(16)9-10(2)13(3,4)5/h7-8,10H,6,9H2,1-5H3. The van der Waals surface area contributed by atoms with E-state index < -0.39 is 0 Å². The van der Waals surface area contributed by atoms with Crippen LogP contribution in [0.1, 0.15) is 51.5 Å². The van der Waals surface area contributed by atoms with Crippen molar-refractivity contribution in [3.8, 4) is 0 Å². The third-order valence-corrected chi connectivity index (χ3v) is 3.27. The van der Waals surface area contributed by atoms with Gasteiger partial charge in [-0.1, -0.05) is 27.7 Å². The van der Waals surface area contributed by atoms with Gasteiger partial charge in [-0.15, -0.1) is 0 Å². The first-order valence-electron chi connectivity index (χ1n) is 5.91. The third-order valence-electron chi connectivity index (χ3n) is 3.27. The molecule has 0 bridgehead atoms. The lowest BCUT2D eigenvalue weighted by Crippen LogP contribution is -2.22. The average molecular weight is 222 g/mol. The molecule has 1 aromatic heterocycles. The van der Waals surface area contributed by atoms with Gasteiger partial charge >= 0.3 is 0 Å². The Labute approximate surface area is 97.8 Å². The molecule has 0 aromatic carbocycles. The molecule has 0 aliphatic heterocycles. The van der Waals surface area contributed by atoms with Crippen molar-refractivity contribution in [1.29, 1.82) is 0 Å². The Morgan fingerprint density at radius 3 is 2.62 bits per heavy atom. The summed E-state index contributed by atoms with van der Waals surface area (Å²) in [6, 6.07) is 1.81. The number of ketones is 1. The Bertz CT molecular complexity index is 360. The summed E-state index contributed by atoms with van der Waals surface area (Å²) in [5, 5.41) is 4.12. The number of hydrogen-bond acceptors (Lipinski definition) is 2. The average Bonchev–Trinajstić information content (AvgIpc) is 2.63. The van der Waals surface area contributed by atoms with Crippen LogP contribution in [0.3, 0.4) is 0 Å². The Balaban J connectivity index is 2.73. The van der Waals surface area contributed by atoms with Crippen molar-refractivity contribution in [2.45, 2.75) is 47.6 Å². The van der Waals surface area contributed by atoms with Gasteiger partial charge in [-0.25, -0.2) is 0 Å². The highest BCUT2D eigenvalue weighted by atomic mass is 16.1. The van der Waals surface area contributed by atoms with E-state index in [-0.39, 0.29) is 11.2 Å². The molecule has 3 nitrogen and oxygen atoms in total. The Morgan fingerprint density at radius 2 is 2.12 bits per heavy atom. The van der Waals surface area contributed by atoms with Gasteiger partial charge in [0.15, 0.2) is 5.78 Å². The fourth-order valence-electron chi connectivity index (χ4n) is 1.51. The van der Waals surface area contributed by atoms with Gasteiger partial charge < -0.3 is 0 Å². The van der Waals surface area contributed by atoms with E-state index in [4.69, 9.17) is 0 Å². The first kappa shape index (κ1) is 12.9. The second-order valence-corrected chi connectivity index (χ2v) is 5.43. The van der Waals surface area contributed by atoms with Crippen molar-refractivity contribution < 1.29 is 4.79 Å². The largest absolute Gasteiger partial charge is 0.292 e. The zero-order valence-corrected chi connectivity index (χ0v) is 10.9. The molecule has 0 aliphatic rings. The maximum absolute atomic E-state index is 12.1. The number of Topliss-reactive ketones (excluding diaryl/α,β-unsaturated/α-hetero) is 1. The second-order valence-electron chi connectivity index (χ2n) is 5.43. The van der Waals surface area contributed by atoms with E-state index in [9.17, 15) is 4.79 Å². The summed E-state index contributed by atoms with van der Waals surface area (Å²) in [4.78, 5) is 12.1. The van der Waals surface area contributed by atoms with Crippen LogP contribution in [0.5, 0.6) is 0 Å². The smallest absolute Gasteiger partial charge is 0.181 e. The molecule has 0 fully saturated rings. The Morgan fingerprint density at radius 1 is 1.50 bits per heavy atom. The van der Waals surface area contributed by atoms with Gasteiger partial charge in [-0.05, 0) is 24.3 Å². The maximum atomic E-state index is 12.1. The normalized spacial score (nSPS) is 13.8. The van der Waals surface area contributed by atoms with E-state index in [2.05, 4.69) is 32.8 Å². The lowest BCUT2D eigenvalue weighted by atomic mass is 9.79. The van der Waals surface area contributed by atoms with Crippen molar-refractivity contribution in [2.75, 3.05) is 0 Å². The minimum atomic E-state index is 0.173. The third kappa shape index (κ3) is 2.94. The van der Waals surface area contributed by atoms with Gasteiger partial charge in [0, 0.05) is 19.2 Å². The fourth-order valence-corrected chi connectivity index (χ4v) is 1.51. The molecule has 90 valence electrons. The minimum Gasteiger partial charge on any atom is -0.292 e. The van der Waals surface area contributed by atoms with E-state index >= 15 is 0 Å². The van der Waals surface area contributed by atoms with Gasteiger partial charge in [-0.3, -0.25) is 9.48 Å². The molecule has 1 heterocycles. The first-order chi connectivity index (χ1) is 7.36. The quantitative estimate of drug-likeness (QED) is 0.733. The molecule has 0 spiro atoms. The van der Waals surface area contributed by atoms with Crippen LogP contribution in [0.25, 0.3) is 0 Å². The number of nitrogens with zero attached hydrogens (tertiary/aromatic N) is 2.